The van der Waals surface area contributed by atoms with E-state index in [1.165, 1.54) is 0 Å². The van der Waals surface area contributed by atoms with Crippen molar-refractivity contribution in [2.24, 2.45) is 0 Å². The van der Waals surface area contributed by atoms with E-state index >= 15 is 0 Å². The van der Waals surface area contributed by atoms with Crippen molar-refractivity contribution in [1.29, 1.82) is 0 Å². The summed E-state index contributed by atoms with van der Waals surface area (Å²) >= 11 is 0. The Morgan fingerprint density at radius 3 is 2.48 bits per heavy atom. The maximum Gasteiger partial charge on any atom is 0.243 e. The lowest BCUT2D eigenvalue weighted by Crippen LogP contribution is -2.08. The number of hydrogen-bond acceptors (Lipinski definition) is 5. The number of fused-ring (bicyclic) bond motifs is 1. The maximum absolute atomic E-state index is 5.95. The van der Waals surface area contributed by atoms with Crippen molar-refractivity contribution in [2.45, 2.75) is 0 Å². The number of hydrogen-bond donors (Lipinski definition) is 0. The van der Waals surface area contributed by atoms with Crippen LogP contribution in [0.5, 0.6) is 17.5 Å². The molecule has 0 bridgehead atoms. The summed E-state index contributed by atoms with van der Waals surface area (Å²) < 4.78 is 13.2. The van der Waals surface area contributed by atoms with Crippen LogP contribution < -0.4 is 14.4 Å². The molecule has 2 aromatic heterocycles. The van der Waals surface area contributed by atoms with Crippen LogP contribution in [0.4, 0.5) is 5.69 Å². The van der Waals surface area contributed by atoms with Crippen molar-refractivity contribution in [3.8, 4) is 28.8 Å². The zero-order valence-corrected chi connectivity index (χ0v) is 15.5. The quantitative estimate of drug-likeness (QED) is 0.532. The molecule has 4 aromatic rings. The molecule has 4 rings (SSSR count). The number of anilines is 1. The summed E-state index contributed by atoms with van der Waals surface area (Å²) in [5, 5.41) is 4.56. The van der Waals surface area contributed by atoms with Crippen molar-refractivity contribution in [3.05, 3.63) is 66.7 Å². The summed E-state index contributed by atoms with van der Waals surface area (Å²) in [4.78, 5) is 6.67. The van der Waals surface area contributed by atoms with Gasteiger partial charge in [-0.1, -0.05) is 36.4 Å². The predicted molar refractivity (Wildman–Crippen MR) is 106 cm³/mol. The smallest absolute Gasteiger partial charge is 0.243 e. The maximum atomic E-state index is 5.95. The molecule has 6 heteroatoms. The molecule has 0 aliphatic heterocycles. The molecule has 0 spiro atoms. The van der Waals surface area contributed by atoms with E-state index in [1.54, 1.807) is 17.7 Å². The van der Waals surface area contributed by atoms with E-state index in [1.807, 2.05) is 79.7 Å². The molecule has 0 aliphatic rings. The highest BCUT2D eigenvalue weighted by molar-refractivity contribution is 5.69. The SMILES string of the molecule is COc1c(-c2ccccc2)nc2ccc(Oc3cccc(N(C)C)c3)nn12. The van der Waals surface area contributed by atoms with Gasteiger partial charge in [-0.3, -0.25) is 0 Å². The van der Waals surface area contributed by atoms with E-state index in [9.17, 15) is 0 Å². The highest BCUT2D eigenvalue weighted by atomic mass is 16.5. The second-order valence-electron chi connectivity index (χ2n) is 6.27. The molecule has 2 aromatic carbocycles. The van der Waals surface area contributed by atoms with Crippen molar-refractivity contribution < 1.29 is 9.47 Å². The second-order valence-corrected chi connectivity index (χ2v) is 6.27. The van der Waals surface area contributed by atoms with Crippen LogP contribution in [-0.2, 0) is 0 Å². The van der Waals surface area contributed by atoms with Gasteiger partial charge < -0.3 is 14.4 Å². The van der Waals surface area contributed by atoms with Gasteiger partial charge in [0.1, 0.15) is 11.4 Å². The fraction of sp³-hybridized carbons (Fsp3) is 0.143. The van der Waals surface area contributed by atoms with Crippen LogP contribution in [0.15, 0.2) is 66.7 Å². The number of imidazole rings is 1. The molecule has 136 valence electrons. The first-order chi connectivity index (χ1) is 13.2. The standard InChI is InChI=1S/C21H20N4O2/c1-24(2)16-10-7-11-17(14-16)27-19-13-12-18-22-20(15-8-5-4-6-9-15)21(26-3)25(18)23-19/h4-14H,1-3H3. The third-order valence-electron chi connectivity index (χ3n) is 4.21. The van der Waals surface area contributed by atoms with E-state index in [0.29, 0.717) is 17.4 Å². The largest absolute Gasteiger partial charge is 0.479 e. The summed E-state index contributed by atoms with van der Waals surface area (Å²) in [5.41, 5.74) is 3.47. The Hall–Kier alpha value is -3.54. The van der Waals surface area contributed by atoms with Crippen LogP contribution in [0.3, 0.4) is 0 Å². The second kappa shape index (κ2) is 6.99. The predicted octanol–water partition coefficient (Wildman–Crippen LogP) is 4.26. The highest BCUT2D eigenvalue weighted by Gasteiger charge is 2.16. The van der Waals surface area contributed by atoms with Gasteiger partial charge in [0.05, 0.1) is 7.11 Å². The van der Waals surface area contributed by atoms with Crippen molar-refractivity contribution >= 4 is 11.3 Å². The third kappa shape index (κ3) is 3.29. The zero-order chi connectivity index (χ0) is 18.8. The fourth-order valence-electron chi connectivity index (χ4n) is 2.86. The van der Waals surface area contributed by atoms with Crippen LogP contribution in [-0.4, -0.2) is 35.8 Å². The van der Waals surface area contributed by atoms with E-state index in [2.05, 4.69) is 10.1 Å². The Morgan fingerprint density at radius 1 is 0.926 bits per heavy atom. The molecule has 0 saturated heterocycles. The van der Waals surface area contributed by atoms with Gasteiger partial charge in [0.2, 0.25) is 11.8 Å². The van der Waals surface area contributed by atoms with E-state index in [0.717, 1.165) is 22.7 Å². The first-order valence-corrected chi connectivity index (χ1v) is 8.60. The van der Waals surface area contributed by atoms with E-state index in [-0.39, 0.29) is 0 Å². The Labute approximate surface area is 157 Å². The molecule has 0 radical (unpaired) electrons. The summed E-state index contributed by atoms with van der Waals surface area (Å²) in [6, 6.07) is 21.4. The topological polar surface area (TPSA) is 51.9 Å². The molecule has 0 amide bonds. The molecule has 27 heavy (non-hydrogen) atoms. The summed E-state index contributed by atoms with van der Waals surface area (Å²) in [6.45, 7) is 0. The first kappa shape index (κ1) is 16.9. The molecule has 0 N–H and O–H groups in total. The average Bonchev–Trinajstić information content (AvgIpc) is 3.06. The van der Waals surface area contributed by atoms with E-state index in [4.69, 9.17) is 9.47 Å². The lowest BCUT2D eigenvalue weighted by molar-refractivity contribution is 0.382. The highest BCUT2D eigenvalue weighted by Crippen LogP contribution is 2.31. The lowest BCUT2D eigenvalue weighted by atomic mass is 10.2. The number of aromatic nitrogens is 3. The normalized spacial score (nSPS) is 10.8. The average molecular weight is 360 g/mol. The minimum Gasteiger partial charge on any atom is -0.479 e. The molecule has 0 fully saturated rings. The summed E-state index contributed by atoms with van der Waals surface area (Å²) in [6.07, 6.45) is 0. The van der Waals surface area contributed by atoms with Gasteiger partial charge in [-0.15, -0.1) is 5.10 Å². The number of ether oxygens (including phenoxy) is 2. The molecular weight excluding hydrogens is 340 g/mol. The van der Waals surface area contributed by atoms with Gasteiger partial charge in [0.25, 0.3) is 0 Å². The van der Waals surface area contributed by atoms with E-state index < -0.39 is 0 Å². The lowest BCUT2D eigenvalue weighted by Gasteiger charge is -2.13. The molecule has 0 aliphatic carbocycles. The molecule has 2 heterocycles. The molecule has 0 atom stereocenters. The zero-order valence-electron chi connectivity index (χ0n) is 15.5. The molecule has 0 saturated carbocycles. The van der Waals surface area contributed by atoms with Gasteiger partial charge in [-0.05, 0) is 18.2 Å². The van der Waals surface area contributed by atoms with Crippen LogP contribution in [0.25, 0.3) is 16.9 Å². The van der Waals surface area contributed by atoms with Crippen molar-refractivity contribution in [3.63, 3.8) is 0 Å². The minimum absolute atomic E-state index is 0.466. The molecule has 6 nitrogen and oxygen atoms in total. The van der Waals surface area contributed by atoms with Gasteiger partial charge in [0.15, 0.2) is 5.65 Å². The Balaban J connectivity index is 1.73. The van der Waals surface area contributed by atoms with Crippen molar-refractivity contribution in [2.75, 3.05) is 26.1 Å². The fourth-order valence-corrected chi connectivity index (χ4v) is 2.86. The monoisotopic (exact) mass is 360 g/mol. The minimum atomic E-state index is 0.466. The number of rotatable bonds is 5. The third-order valence-corrected chi connectivity index (χ3v) is 4.21. The number of methoxy groups -OCH3 is 1. The Bertz CT molecular complexity index is 1070. The summed E-state index contributed by atoms with van der Waals surface area (Å²) in [5.74, 6) is 1.76. The van der Waals surface area contributed by atoms with Crippen LogP contribution in [0.2, 0.25) is 0 Å². The summed E-state index contributed by atoms with van der Waals surface area (Å²) in [7, 11) is 5.60. The molecular formula is C21H20N4O2. The van der Waals surface area contributed by atoms with Crippen LogP contribution in [0, 0.1) is 0 Å². The van der Waals surface area contributed by atoms with Crippen LogP contribution in [0.1, 0.15) is 0 Å². The first-order valence-electron chi connectivity index (χ1n) is 8.60. The van der Waals surface area contributed by atoms with Gasteiger partial charge in [-0.25, -0.2) is 4.98 Å². The van der Waals surface area contributed by atoms with Crippen LogP contribution >= 0.6 is 0 Å². The number of benzene rings is 2. The van der Waals surface area contributed by atoms with Gasteiger partial charge in [0, 0.05) is 37.5 Å². The van der Waals surface area contributed by atoms with Gasteiger partial charge in [-0.2, -0.15) is 4.52 Å². The number of nitrogens with zero attached hydrogens (tertiary/aromatic N) is 4. The Morgan fingerprint density at radius 2 is 1.74 bits per heavy atom. The Kier molecular flexibility index (Phi) is 4.38. The van der Waals surface area contributed by atoms with Crippen molar-refractivity contribution in [1.82, 2.24) is 14.6 Å². The molecule has 0 unspecified atom stereocenters. The van der Waals surface area contributed by atoms with Gasteiger partial charge >= 0.3 is 0 Å².